The van der Waals surface area contributed by atoms with Crippen molar-refractivity contribution >= 4 is 5.69 Å². The Balaban J connectivity index is 1.79. The average Bonchev–Trinajstić information content (AvgIpc) is 2.47. The molecular weight excluding hydrogens is 258 g/mol. The van der Waals surface area contributed by atoms with Crippen molar-refractivity contribution in [3.63, 3.8) is 0 Å². The molecule has 2 aromatic rings. The molecule has 0 aliphatic rings. The molecule has 0 aliphatic heterocycles. The van der Waals surface area contributed by atoms with E-state index in [4.69, 9.17) is 4.74 Å². The molecule has 2 nitrogen and oxygen atoms in total. The molecule has 0 saturated carbocycles. The van der Waals surface area contributed by atoms with Crippen molar-refractivity contribution < 1.29 is 4.74 Å². The van der Waals surface area contributed by atoms with Gasteiger partial charge in [-0.25, -0.2) is 0 Å². The summed E-state index contributed by atoms with van der Waals surface area (Å²) in [5.74, 6) is 0.938. The second kappa shape index (κ2) is 7.16. The van der Waals surface area contributed by atoms with E-state index in [2.05, 4.69) is 50.4 Å². The molecule has 0 aliphatic carbocycles. The Bertz CT molecular complexity index is 543. The van der Waals surface area contributed by atoms with Gasteiger partial charge in [-0.15, -0.1) is 0 Å². The van der Waals surface area contributed by atoms with Crippen LogP contribution in [0, 0.1) is 0 Å². The maximum Gasteiger partial charge on any atom is 0.119 e. The maximum atomic E-state index is 5.70. The summed E-state index contributed by atoms with van der Waals surface area (Å²) in [4.78, 5) is 0. The molecule has 2 aromatic carbocycles. The SMILES string of the molecule is CC(C)(C)c1ccccc1NCCCOc1ccccc1. The molecule has 0 aromatic heterocycles. The Labute approximate surface area is 128 Å². The quantitative estimate of drug-likeness (QED) is 0.764. The predicted molar refractivity (Wildman–Crippen MR) is 90.2 cm³/mol. The van der Waals surface area contributed by atoms with Gasteiger partial charge in [-0.1, -0.05) is 57.2 Å². The van der Waals surface area contributed by atoms with Gasteiger partial charge < -0.3 is 10.1 Å². The maximum absolute atomic E-state index is 5.70. The summed E-state index contributed by atoms with van der Waals surface area (Å²) < 4.78 is 5.70. The third-order valence-electron chi connectivity index (χ3n) is 3.38. The van der Waals surface area contributed by atoms with Crippen LogP contribution in [0.4, 0.5) is 5.69 Å². The topological polar surface area (TPSA) is 21.3 Å². The Kier molecular flexibility index (Phi) is 5.26. The zero-order valence-corrected chi connectivity index (χ0v) is 13.2. The molecule has 0 saturated heterocycles. The molecule has 1 N–H and O–H groups in total. The summed E-state index contributed by atoms with van der Waals surface area (Å²) >= 11 is 0. The molecule has 0 amide bonds. The zero-order chi connectivity index (χ0) is 15.1. The zero-order valence-electron chi connectivity index (χ0n) is 13.2. The number of hydrogen-bond acceptors (Lipinski definition) is 2. The van der Waals surface area contributed by atoms with Gasteiger partial charge in [0, 0.05) is 12.2 Å². The summed E-state index contributed by atoms with van der Waals surface area (Å²) in [5.41, 5.74) is 2.74. The monoisotopic (exact) mass is 283 g/mol. The van der Waals surface area contributed by atoms with Crippen LogP contribution in [-0.2, 0) is 5.41 Å². The van der Waals surface area contributed by atoms with Crippen LogP contribution in [0.5, 0.6) is 5.75 Å². The number of nitrogens with one attached hydrogen (secondary N) is 1. The molecule has 0 fully saturated rings. The first kappa shape index (κ1) is 15.4. The summed E-state index contributed by atoms with van der Waals surface area (Å²) in [6.45, 7) is 8.37. The summed E-state index contributed by atoms with van der Waals surface area (Å²) in [7, 11) is 0. The second-order valence-corrected chi connectivity index (χ2v) is 6.24. The van der Waals surface area contributed by atoms with Crippen LogP contribution in [0.3, 0.4) is 0 Å². The van der Waals surface area contributed by atoms with E-state index in [1.165, 1.54) is 11.3 Å². The minimum Gasteiger partial charge on any atom is -0.494 e. The third kappa shape index (κ3) is 4.82. The highest BCUT2D eigenvalue weighted by Gasteiger charge is 2.16. The molecule has 2 rings (SSSR count). The van der Waals surface area contributed by atoms with Crippen LogP contribution in [-0.4, -0.2) is 13.2 Å². The smallest absolute Gasteiger partial charge is 0.119 e. The fourth-order valence-corrected chi connectivity index (χ4v) is 2.29. The fraction of sp³-hybridized carbons (Fsp3) is 0.368. The van der Waals surface area contributed by atoms with Gasteiger partial charge >= 0.3 is 0 Å². The normalized spacial score (nSPS) is 11.2. The van der Waals surface area contributed by atoms with Gasteiger partial charge in [0.25, 0.3) is 0 Å². The van der Waals surface area contributed by atoms with Crippen LogP contribution in [0.2, 0.25) is 0 Å². The molecule has 112 valence electrons. The van der Waals surface area contributed by atoms with E-state index < -0.39 is 0 Å². The van der Waals surface area contributed by atoms with Gasteiger partial charge in [-0.05, 0) is 35.6 Å². The first-order chi connectivity index (χ1) is 10.1. The Morgan fingerprint density at radius 1 is 0.905 bits per heavy atom. The standard InChI is InChI=1S/C19H25NO/c1-19(2,3)17-12-7-8-13-18(17)20-14-9-15-21-16-10-5-4-6-11-16/h4-8,10-13,20H,9,14-15H2,1-3H3. The number of benzene rings is 2. The first-order valence-electron chi connectivity index (χ1n) is 7.58. The molecule has 2 heteroatoms. The molecule has 0 heterocycles. The number of hydrogen-bond donors (Lipinski definition) is 1. The van der Waals surface area contributed by atoms with E-state index in [-0.39, 0.29) is 5.41 Å². The minimum absolute atomic E-state index is 0.157. The number of ether oxygens (including phenoxy) is 1. The van der Waals surface area contributed by atoms with E-state index in [0.29, 0.717) is 0 Å². The third-order valence-corrected chi connectivity index (χ3v) is 3.38. The molecular formula is C19H25NO. The van der Waals surface area contributed by atoms with Crippen LogP contribution >= 0.6 is 0 Å². The number of rotatable bonds is 6. The van der Waals surface area contributed by atoms with Crippen molar-refractivity contribution in [1.29, 1.82) is 0 Å². The minimum atomic E-state index is 0.157. The van der Waals surface area contributed by atoms with E-state index in [9.17, 15) is 0 Å². The Morgan fingerprint density at radius 2 is 1.57 bits per heavy atom. The van der Waals surface area contributed by atoms with Crippen molar-refractivity contribution in [2.75, 3.05) is 18.5 Å². The fourth-order valence-electron chi connectivity index (χ4n) is 2.29. The Hall–Kier alpha value is -1.96. The van der Waals surface area contributed by atoms with E-state index >= 15 is 0 Å². The van der Waals surface area contributed by atoms with Gasteiger partial charge in [-0.3, -0.25) is 0 Å². The highest BCUT2D eigenvalue weighted by atomic mass is 16.5. The molecule has 0 unspecified atom stereocenters. The molecule has 0 spiro atoms. The van der Waals surface area contributed by atoms with Crippen molar-refractivity contribution in [2.45, 2.75) is 32.6 Å². The number of anilines is 1. The van der Waals surface area contributed by atoms with Crippen LogP contribution < -0.4 is 10.1 Å². The van der Waals surface area contributed by atoms with Gasteiger partial charge in [-0.2, -0.15) is 0 Å². The highest BCUT2D eigenvalue weighted by molar-refractivity contribution is 5.54. The van der Waals surface area contributed by atoms with E-state index in [1.54, 1.807) is 0 Å². The summed E-state index contributed by atoms with van der Waals surface area (Å²) in [6, 6.07) is 18.5. The van der Waals surface area contributed by atoms with Crippen molar-refractivity contribution in [3.05, 3.63) is 60.2 Å². The molecule has 0 radical (unpaired) electrons. The molecule has 21 heavy (non-hydrogen) atoms. The lowest BCUT2D eigenvalue weighted by atomic mass is 9.86. The average molecular weight is 283 g/mol. The lowest BCUT2D eigenvalue weighted by Gasteiger charge is -2.23. The first-order valence-corrected chi connectivity index (χ1v) is 7.58. The van der Waals surface area contributed by atoms with E-state index in [1.807, 2.05) is 30.3 Å². The molecule has 0 atom stereocenters. The Morgan fingerprint density at radius 3 is 2.29 bits per heavy atom. The van der Waals surface area contributed by atoms with E-state index in [0.717, 1.165) is 25.3 Å². The van der Waals surface area contributed by atoms with Crippen LogP contribution in [0.15, 0.2) is 54.6 Å². The largest absolute Gasteiger partial charge is 0.494 e. The van der Waals surface area contributed by atoms with Gasteiger partial charge in [0.05, 0.1) is 6.61 Å². The van der Waals surface area contributed by atoms with Crippen molar-refractivity contribution in [3.8, 4) is 5.75 Å². The van der Waals surface area contributed by atoms with Gasteiger partial charge in [0.15, 0.2) is 0 Å². The molecule has 0 bridgehead atoms. The summed E-state index contributed by atoms with van der Waals surface area (Å²) in [5, 5.41) is 3.53. The van der Waals surface area contributed by atoms with Crippen molar-refractivity contribution in [1.82, 2.24) is 0 Å². The highest BCUT2D eigenvalue weighted by Crippen LogP contribution is 2.29. The lowest BCUT2D eigenvalue weighted by Crippen LogP contribution is -2.16. The number of para-hydroxylation sites is 2. The van der Waals surface area contributed by atoms with Gasteiger partial charge in [0.2, 0.25) is 0 Å². The van der Waals surface area contributed by atoms with Crippen LogP contribution in [0.25, 0.3) is 0 Å². The lowest BCUT2D eigenvalue weighted by molar-refractivity contribution is 0.315. The van der Waals surface area contributed by atoms with Gasteiger partial charge in [0.1, 0.15) is 5.75 Å². The second-order valence-electron chi connectivity index (χ2n) is 6.24. The predicted octanol–water partition coefficient (Wildman–Crippen LogP) is 4.87. The van der Waals surface area contributed by atoms with Crippen molar-refractivity contribution in [2.24, 2.45) is 0 Å². The summed E-state index contributed by atoms with van der Waals surface area (Å²) in [6.07, 6.45) is 0.980. The van der Waals surface area contributed by atoms with Crippen LogP contribution in [0.1, 0.15) is 32.8 Å².